The van der Waals surface area contributed by atoms with Gasteiger partial charge in [0.1, 0.15) is 0 Å². The number of esters is 2. The van der Waals surface area contributed by atoms with Gasteiger partial charge in [-0.1, -0.05) is 20.8 Å². The van der Waals surface area contributed by atoms with E-state index in [9.17, 15) is 34.6 Å². The van der Waals surface area contributed by atoms with Crippen molar-refractivity contribution in [2.75, 3.05) is 13.0 Å². The van der Waals surface area contributed by atoms with Crippen molar-refractivity contribution < 1.29 is 53.8 Å². The van der Waals surface area contributed by atoms with E-state index in [-0.39, 0.29) is 42.1 Å². The Hall–Kier alpha value is -1.07. The van der Waals surface area contributed by atoms with Crippen LogP contribution in [-0.4, -0.2) is 73.6 Å². The summed E-state index contributed by atoms with van der Waals surface area (Å²) in [5.74, 6) is 0.0937. The van der Waals surface area contributed by atoms with Crippen molar-refractivity contribution in [3.8, 4) is 0 Å². The molecule has 0 amide bonds. The minimum absolute atomic E-state index is 0.154. The van der Waals surface area contributed by atoms with E-state index in [2.05, 4.69) is 20.8 Å². The van der Waals surface area contributed by atoms with E-state index in [1.165, 1.54) is 6.42 Å². The summed E-state index contributed by atoms with van der Waals surface area (Å²) in [6, 6.07) is 0. The van der Waals surface area contributed by atoms with Crippen LogP contribution in [0.15, 0.2) is 0 Å². The summed E-state index contributed by atoms with van der Waals surface area (Å²) in [6.45, 7) is 6.24. The van der Waals surface area contributed by atoms with Gasteiger partial charge in [0.25, 0.3) is 0 Å². The Bertz CT molecular complexity index is 1030. The summed E-state index contributed by atoms with van der Waals surface area (Å²) in [5, 5.41) is 40.6. The number of aliphatic hydroxyl groups excluding tert-OH is 3. The molecule has 43 heavy (non-hydrogen) atoms. The summed E-state index contributed by atoms with van der Waals surface area (Å²) in [4.78, 5) is 42.5. The Morgan fingerprint density at radius 2 is 1.56 bits per heavy atom. The van der Waals surface area contributed by atoms with Gasteiger partial charge in [-0.3, -0.25) is 14.2 Å². The molecule has 0 radical (unpaired) electrons. The third-order valence-electron chi connectivity index (χ3n) is 12.4. The maximum atomic E-state index is 12.4. The second-order valence-electron chi connectivity index (χ2n) is 14.6. The molecule has 6 N–H and O–H groups in total. The molecule has 4 rings (SSSR count). The molecule has 0 heterocycles. The lowest BCUT2D eigenvalue weighted by atomic mass is 9.43. The molecule has 248 valence electrons. The smallest absolute Gasteiger partial charge is 0.326 e. The quantitative estimate of drug-likeness (QED) is 0.105. The zero-order valence-corrected chi connectivity index (χ0v) is 26.7. The van der Waals surface area contributed by atoms with Crippen molar-refractivity contribution in [2.45, 2.75) is 116 Å². The van der Waals surface area contributed by atoms with Crippen molar-refractivity contribution in [3.05, 3.63) is 0 Å². The van der Waals surface area contributed by atoms with Crippen LogP contribution in [0, 0.1) is 52.3 Å². The highest BCUT2D eigenvalue weighted by Crippen LogP contribution is 2.68. The van der Waals surface area contributed by atoms with Crippen LogP contribution in [0.4, 0.5) is 0 Å². The van der Waals surface area contributed by atoms with Crippen molar-refractivity contribution in [2.24, 2.45) is 52.3 Å². The van der Waals surface area contributed by atoms with Crippen LogP contribution in [-0.2, 0) is 23.6 Å². The molecule has 0 aromatic heterocycles. The highest BCUT2D eigenvalue weighted by atomic mass is 31.2. The monoisotopic (exact) mass is 632 g/mol. The molecule has 4 fully saturated rings. The average molecular weight is 633 g/mol. The van der Waals surface area contributed by atoms with Crippen LogP contribution in [0.5, 0.6) is 0 Å². The molecular formula is C31H53O11P. The Morgan fingerprint density at radius 1 is 0.907 bits per heavy atom. The van der Waals surface area contributed by atoms with Gasteiger partial charge in [0.2, 0.25) is 6.79 Å². The van der Waals surface area contributed by atoms with E-state index in [0.29, 0.717) is 36.0 Å². The standard InChI is InChI=1S/C31H53O11P/c1-18(4-10-27(34)41-17-42-28(35)11-5-19(29(36)37)16-43(38,39)40)23-8-9-24-22-7-6-20-14-21(32)12-13-30(20,2)25(22)15-26(33)31(23,24)3/h18-26,29,32-33,36-37H,4-17H2,1-3H3,(H2,38,39,40)/t18-,19?,20-,21-,22?,23?,24?,25?,26+,30+,31-/m1/s1. The first kappa shape index (κ1) is 34.8. The van der Waals surface area contributed by atoms with E-state index < -0.39 is 50.8 Å². The van der Waals surface area contributed by atoms with E-state index in [1.54, 1.807) is 0 Å². The van der Waals surface area contributed by atoms with Crippen molar-refractivity contribution >= 4 is 19.5 Å². The van der Waals surface area contributed by atoms with Crippen LogP contribution < -0.4 is 0 Å². The number of hydrogen-bond donors (Lipinski definition) is 6. The maximum absolute atomic E-state index is 12.4. The van der Waals surface area contributed by atoms with Gasteiger partial charge >= 0.3 is 19.5 Å². The first-order valence-corrected chi connectivity index (χ1v) is 17.9. The Kier molecular flexibility index (Phi) is 11.1. The number of ether oxygens (including phenoxy) is 2. The minimum Gasteiger partial charge on any atom is -0.428 e. The molecule has 0 bridgehead atoms. The van der Waals surface area contributed by atoms with E-state index in [0.717, 1.165) is 44.9 Å². The van der Waals surface area contributed by atoms with Crippen LogP contribution in [0.1, 0.15) is 97.8 Å². The topological polar surface area (TPSA) is 191 Å². The fourth-order valence-electron chi connectivity index (χ4n) is 9.96. The number of hydrogen-bond acceptors (Lipinski definition) is 9. The largest absolute Gasteiger partial charge is 0.428 e. The normalized spacial score (nSPS) is 38.9. The van der Waals surface area contributed by atoms with Gasteiger partial charge in [0.15, 0.2) is 6.29 Å². The number of carbonyl (C=O) groups excluding carboxylic acids is 2. The number of fused-ring (bicyclic) bond motifs is 5. The van der Waals surface area contributed by atoms with Gasteiger partial charge in [0.05, 0.1) is 18.4 Å². The molecule has 0 saturated heterocycles. The SMILES string of the molecule is C[C@H](CCC(=O)OCOC(=O)CCC(CP(=O)(O)O)C(O)O)C1CCC2C3CC[C@@H]4C[C@H](O)CC[C@]4(C)C3C[C@H](O)[C@@]21C. The minimum atomic E-state index is -4.49. The molecule has 0 spiro atoms. The van der Waals surface area contributed by atoms with E-state index >= 15 is 0 Å². The molecule has 0 aliphatic heterocycles. The van der Waals surface area contributed by atoms with Gasteiger partial charge in [0, 0.05) is 18.8 Å². The summed E-state index contributed by atoms with van der Waals surface area (Å²) in [7, 11) is -4.49. The molecule has 12 heteroatoms. The molecular weight excluding hydrogens is 579 g/mol. The molecule has 4 saturated carbocycles. The zero-order chi connectivity index (χ0) is 31.7. The predicted molar refractivity (Wildman–Crippen MR) is 156 cm³/mol. The lowest BCUT2D eigenvalue weighted by molar-refractivity contribution is -0.175. The van der Waals surface area contributed by atoms with Crippen molar-refractivity contribution in [1.82, 2.24) is 0 Å². The zero-order valence-electron chi connectivity index (χ0n) is 25.8. The van der Waals surface area contributed by atoms with Crippen LogP contribution >= 0.6 is 7.60 Å². The maximum Gasteiger partial charge on any atom is 0.326 e. The first-order valence-electron chi connectivity index (χ1n) is 16.1. The third kappa shape index (κ3) is 7.67. The first-order chi connectivity index (χ1) is 20.1. The van der Waals surface area contributed by atoms with Gasteiger partial charge < -0.3 is 39.7 Å². The van der Waals surface area contributed by atoms with Gasteiger partial charge in [-0.25, -0.2) is 0 Å². The summed E-state index contributed by atoms with van der Waals surface area (Å²) in [6.07, 6.45) is 4.94. The van der Waals surface area contributed by atoms with Crippen molar-refractivity contribution in [3.63, 3.8) is 0 Å². The Balaban J connectivity index is 1.23. The van der Waals surface area contributed by atoms with Crippen molar-refractivity contribution in [1.29, 1.82) is 0 Å². The molecule has 11 nitrogen and oxygen atoms in total. The van der Waals surface area contributed by atoms with Gasteiger partial charge in [-0.05, 0) is 111 Å². The highest BCUT2D eigenvalue weighted by molar-refractivity contribution is 7.51. The molecule has 4 aliphatic carbocycles. The molecule has 4 aliphatic rings. The molecule has 5 unspecified atom stereocenters. The second-order valence-corrected chi connectivity index (χ2v) is 16.3. The van der Waals surface area contributed by atoms with E-state index in [1.807, 2.05) is 0 Å². The van der Waals surface area contributed by atoms with Crippen LogP contribution in [0.25, 0.3) is 0 Å². The summed E-state index contributed by atoms with van der Waals surface area (Å²) in [5.41, 5.74) is -0.0106. The fraction of sp³-hybridized carbons (Fsp3) is 0.935. The summed E-state index contributed by atoms with van der Waals surface area (Å²) < 4.78 is 21.1. The Labute approximate surface area is 254 Å². The second kappa shape index (κ2) is 13.7. The lowest BCUT2D eigenvalue weighted by Gasteiger charge is -2.62. The summed E-state index contributed by atoms with van der Waals surface area (Å²) >= 11 is 0. The average Bonchev–Trinajstić information content (AvgIpc) is 3.28. The third-order valence-corrected chi connectivity index (χ3v) is 13.3. The lowest BCUT2D eigenvalue weighted by Crippen LogP contribution is -2.58. The number of carbonyl (C=O) groups is 2. The predicted octanol–water partition coefficient (Wildman–Crippen LogP) is 3.32. The van der Waals surface area contributed by atoms with Gasteiger partial charge in [-0.15, -0.1) is 0 Å². The highest BCUT2D eigenvalue weighted by Gasteiger charge is 2.63. The fourth-order valence-corrected chi connectivity index (χ4v) is 10.9. The van der Waals surface area contributed by atoms with Crippen LogP contribution in [0.2, 0.25) is 0 Å². The van der Waals surface area contributed by atoms with Gasteiger partial charge in [-0.2, -0.15) is 0 Å². The number of rotatable bonds is 12. The molecule has 0 aromatic rings. The Morgan fingerprint density at radius 3 is 2.19 bits per heavy atom. The number of aliphatic hydroxyl groups is 4. The van der Waals surface area contributed by atoms with E-state index in [4.69, 9.17) is 19.3 Å². The molecule has 0 aromatic carbocycles. The van der Waals surface area contributed by atoms with Crippen LogP contribution in [0.3, 0.4) is 0 Å². The molecule has 11 atom stereocenters.